The number of carbonyl (C=O) groups is 1. The lowest BCUT2D eigenvalue weighted by Crippen LogP contribution is -2.24. The van der Waals surface area contributed by atoms with Gasteiger partial charge in [-0.25, -0.2) is 0 Å². The van der Waals surface area contributed by atoms with Crippen molar-refractivity contribution < 1.29 is 14.3 Å². The SMILES string of the molecule is COCCOCCCNC(=O)C=Cc1ccc2c(c1)CCCN2C. The van der Waals surface area contributed by atoms with Gasteiger partial charge >= 0.3 is 0 Å². The molecule has 0 atom stereocenters. The molecule has 0 spiro atoms. The van der Waals surface area contributed by atoms with Crippen LogP contribution >= 0.6 is 0 Å². The van der Waals surface area contributed by atoms with Crippen LogP contribution in [0.15, 0.2) is 24.3 Å². The minimum absolute atomic E-state index is 0.0678. The highest BCUT2D eigenvalue weighted by molar-refractivity contribution is 5.91. The molecule has 1 aliphatic rings. The van der Waals surface area contributed by atoms with Gasteiger partial charge in [-0.2, -0.15) is 0 Å². The van der Waals surface area contributed by atoms with E-state index in [2.05, 4.69) is 35.5 Å². The van der Waals surface area contributed by atoms with Gasteiger partial charge in [0.2, 0.25) is 5.91 Å². The number of methoxy groups -OCH3 is 1. The molecule has 0 radical (unpaired) electrons. The van der Waals surface area contributed by atoms with Crippen LogP contribution in [0.3, 0.4) is 0 Å². The number of anilines is 1. The second-order valence-electron chi connectivity index (χ2n) is 6.00. The molecule has 1 N–H and O–H groups in total. The van der Waals surface area contributed by atoms with E-state index in [1.165, 1.54) is 17.7 Å². The molecule has 0 bridgehead atoms. The van der Waals surface area contributed by atoms with Crippen molar-refractivity contribution >= 4 is 17.7 Å². The molecule has 1 amide bonds. The highest BCUT2D eigenvalue weighted by Gasteiger charge is 2.12. The first-order chi connectivity index (χ1) is 11.7. The monoisotopic (exact) mass is 332 g/mol. The number of rotatable bonds is 9. The van der Waals surface area contributed by atoms with Crippen LogP contribution in [0.2, 0.25) is 0 Å². The fourth-order valence-electron chi connectivity index (χ4n) is 2.77. The van der Waals surface area contributed by atoms with Crippen molar-refractivity contribution in [2.24, 2.45) is 0 Å². The zero-order valence-corrected chi connectivity index (χ0v) is 14.7. The first-order valence-corrected chi connectivity index (χ1v) is 8.57. The lowest BCUT2D eigenvalue weighted by atomic mass is 9.99. The second-order valence-corrected chi connectivity index (χ2v) is 6.00. The first-order valence-electron chi connectivity index (χ1n) is 8.57. The van der Waals surface area contributed by atoms with Crippen molar-refractivity contribution in [3.8, 4) is 0 Å². The molecule has 2 rings (SSSR count). The molecule has 132 valence electrons. The maximum Gasteiger partial charge on any atom is 0.244 e. The third-order valence-electron chi connectivity index (χ3n) is 4.08. The summed E-state index contributed by atoms with van der Waals surface area (Å²) in [5.74, 6) is -0.0678. The number of hydrogen-bond acceptors (Lipinski definition) is 4. The number of nitrogens with zero attached hydrogens (tertiary/aromatic N) is 1. The molecule has 0 unspecified atom stereocenters. The Kier molecular flexibility index (Phi) is 7.79. The quantitative estimate of drug-likeness (QED) is 0.557. The summed E-state index contributed by atoms with van der Waals surface area (Å²) in [7, 11) is 3.77. The number of hydrogen-bond donors (Lipinski definition) is 1. The van der Waals surface area contributed by atoms with Crippen LogP contribution in [-0.2, 0) is 20.7 Å². The van der Waals surface area contributed by atoms with Crippen molar-refractivity contribution in [1.82, 2.24) is 5.32 Å². The van der Waals surface area contributed by atoms with Crippen molar-refractivity contribution in [1.29, 1.82) is 0 Å². The van der Waals surface area contributed by atoms with Gasteiger partial charge in [0.15, 0.2) is 0 Å². The average Bonchev–Trinajstić information content (AvgIpc) is 2.59. The molecule has 0 aromatic heterocycles. The standard InChI is InChI=1S/C19H28N2O3/c1-21-11-3-5-17-15-16(6-8-18(17)21)7-9-19(22)20-10-4-12-24-14-13-23-2/h6-9,15H,3-5,10-14H2,1-2H3,(H,20,22). The lowest BCUT2D eigenvalue weighted by molar-refractivity contribution is -0.116. The van der Waals surface area contributed by atoms with E-state index < -0.39 is 0 Å². The zero-order chi connectivity index (χ0) is 17.2. The van der Waals surface area contributed by atoms with Gasteiger partial charge in [0.25, 0.3) is 0 Å². The van der Waals surface area contributed by atoms with E-state index in [0.717, 1.165) is 24.9 Å². The number of carbonyl (C=O) groups excluding carboxylic acids is 1. The third-order valence-corrected chi connectivity index (χ3v) is 4.08. The summed E-state index contributed by atoms with van der Waals surface area (Å²) >= 11 is 0. The van der Waals surface area contributed by atoms with Crippen molar-refractivity contribution in [2.75, 3.05) is 52.0 Å². The second kappa shape index (κ2) is 10.1. The Morgan fingerprint density at radius 1 is 1.33 bits per heavy atom. The van der Waals surface area contributed by atoms with E-state index in [-0.39, 0.29) is 5.91 Å². The Hall–Kier alpha value is -1.85. The molecule has 1 aliphatic heterocycles. The minimum atomic E-state index is -0.0678. The molecule has 1 aromatic rings. The molecule has 24 heavy (non-hydrogen) atoms. The molecule has 0 saturated heterocycles. The van der Waals surface area contributed by atoms with Gasteiger partial charge in [-0.1, -0.05) is 6.07 Å². The first kappa shape index (κ1) is 18.5. The van der Waals surface area contributed by atoms with Crippen LogP contribution in [0.4, 0.5) is 5.69 Å². The topological polar surface area (TPSA) is 50.8 Å². The summed E-state index contributed by atoms with van der Waals surface area (Å²) in [6.07, 6.45) is 6.56. The van der Waals surface area contributed by atoms with Crippen LogP contribution in [-0.4, -0.2) is 53.0 Å². The number of aryl methyl sites for hydroxylation is 1. The van der Waals surface area contributed by atoms with Crippen LogP contribution in [0.1, 0.15) is 24.0 Å². The molecule has 0 fully saturated rings. The smallest absolute Gasteiger partial charge is 0.244 e. The largest absolute Gasteiger partial charge is 0.382 e. The van der Waals surface area contributed by atoms with Crippen molar-refractivity contribution in [3.05, 3.63) is 35.4 Å². The Morgan fingerprint density at radius 2 is 2.21 bits per heavy atom. The molecule has 0 aliphatic carbocycles. The van der Waals surface area contributed by atoms with Gasteiger partial charge in [0.1, 0.15) is 0 Å². The summed E-state index contributed by atoms with van der Waals surface area (Å²) in [6, 6.07) is 6.38. The van der Waals surface area contributed by atoms with E-state index in [4.69, 9.17) is 9.47 Å². The van der Waals surface area contributed by atoms with Crippen molar-refractivity contribution in [3.63, 3.8) is 0 Å². The van der Waals surface area contributed by atoms with Crippen LogP contribution < -0.4 is 10.2 Å². The summed E-state index contributed by atoms with van der Waals surface area (Å²) in [5.41, 5.74) is 3.73. The van der Waals surface area contributed by atoms with E-state index in [0.29, 0.717) is 26.4 Å². The third kappa shape index (κ3) is 5.98. The average molecular weight is 332 g/mol. The van der Waals surface area contributed by atoms with Gasteiger partial charge in [0, 0.05) is 45.6 Å². The molecule has 5 nitrogen and oxygen atoms in total. The summed E-state index contributed by atoms with van der Waals surface area (Å²) in [6.45, 7) is 3.56. The van der Waals surface area contributed by atoms with Crippen LogP contribution in [0.25, 0.3) is 6.08 Å². The molecular formula is C19H28N2O3. The summed E-state index contributed by atoms with van der Waals surface area (Å²) < 4.78 is 10.2. The van der Waals surface area contributed by atoms with E-state index in [1.54, 1.807) is 13.2 Å². The van der Waals surface area contributed by atoms with E-state index in [1.807, 2.05) is 6.08 Å². The highest BCUT2D eigenvalue weighted by Crippen LogP contribution is 2.27. The van der Waals surface area contributed by atoms with Crippen LogP contribution in [0, 0.1) is 0 Å². The number of benzene rings is 1. The number of fused-ring (bicyclic) bond motifs is 1. The van der Waals surface area contributed by atoms with Crippen LogP contribution in [0.5, 0.6) is 0 Å². The normalized spacial score (nSPS) is 14.0. The van der Waals surface area contributed by atoms with E-state index in [9.17, 15) is 4.79 Å². The molecule has 0 saturated carbocycles. The predicted molar refractivity (Wildman–Crippen MR) is 97.4 cm³/mol. The van der Waals surface area contributed by atoms with E-state index >= 15 is 0 Å². The van der Waals surface area contributed by atoms with Crippen molar-refractivity contribution in [2.45, 2.75) is 19.3 Å². The molecular weight excluding hydrogens is 304 g/mol. The molecule has 5 heteroatoms. The Morgan fingerprint density at radius 3 is 3.04 bits per heavy atom. The Balaban J connectivity index is 1.72. The molecule has 1 aromatic carbocycles. The predicted octanol–water partition coefficient (Wildman–Crippen LogP) is 2.25. The van der Waals surface area contributed by atoms with Gasteiger partial charge in [-0.3, -0.25) is 4.79 Å². The number of ether oxygens (including phenoxy) is 2. The Bertz CT molecular complexity index is 558. The molecule has 1 heterocycles. The summed E-state index contributed by atoms with van der Waals surface area (Å²) in [5, 5.41) is 2.87. The highest BCUT2D eigenvalue weighted by atomic mass is 16.5. The fourth-order valence-corrected chi connectivity index (χ4v) is 2.77. The number of nitrogens with one attached hydrogen (secondary N) is 1. The fraction of sp³-hybridized carbons (Fsp3) is 0.526. The van der Waals surface area contributed by atoms with Gasteiger partial charge in [0.05, 0.1) is 13.2 Å². The van der Waals surface area contributed by atoms with Gasteiger partial charge in [-0.15, -0.1) is 0 Å². The lowest BCUT2D eigenvalue weighted by Gasteiger charge is -2.27. The maximum absolute atomic E-state index is 11.8. The summed E-state index contributed by atoms with van der Waals surface area (Å²) in [4.78, 5) is 14.1. The van der Waals surface area contributed by atoms with Gasteiger partial charge in [-0.05, 0) is 48.6 Å². The minimum Gasteiger partial charge on any atom is -0.382 e. The van der Waals surface area contributed by atoms with Gasteiger partial charge < -0.3 is 19.7 Å². The Labute approximate surface area is 144 Å². The zero-order valence-electron chi connectivity index (χ0n) is 14.7. The number of amides is 1. The maximum atomic E-state index is 11.8.